The number of amides is 2. The van der Waals surface area contributed by atoms with E-state index in [1.54, 1.807) is 6.07 Å². The van der Waals surface area contributed by atoms with Gasteiger partial charge >= 0.3 is 18.4 Å². The van der Waals surface area contributed by atoms with Gasteiger partial charge in [0, 0.05) is 5.69 Å². The van der Waals surface area contributed by atoms with Crippen molar-refractivity contribution in [3.8, 4) is 0 Å². The van der Waals surface area contributed by atoms with Crippen molar-refractivity contribution in [2.75, 3.05) is 5.32 Å². The molecule has 1 aromatic rings. The number of nitrogens with one attached hydrogen (secondary N) is 2. The van der Waals surface area contributed by atoms with Crippen LogP contribution in [0.4, 0.5) is 36.8 Å². The van der Waals surface area contributed by atoms with Crippen molar-refractivity contribution in [3.05, 3.63) is 30.3 Å². The molecule has 9 heteroatoms. The average molecular weight is 286 g/mol. The number of carbonyl (C=O) groups is 1. The van der Waals surface area contributed by atoms with Crippen molar-refractivity contribution in [2.45, 2.75) is 18.4 Å². The predicted molar refractivity (Wildman–Crippen MR) is 54.5 cm³/mol. The number of rotatable bonds is 2. The minimum atomic E-state index is -5.62. The summed E-state index contributed by atoms with van der Waals surface area (Å²) in [6.07, 6.45) is -11.2. The summed E-state index contributed by atoms with van der Waals surface area (Å²) in [5.74, 6) is 0. The molecule has 0 bridgehead atoms. The molecule has 0 aliphatic heterocycles. The highest BCUT2D eigenvalue weighted by atomic mass is 19.4. The summed E-state index contributed by atoms with van der Waals surface area (Å²) in [5, 5.41) is 2.71. The van der Waals surface area contributed by atoms with Crippen LogP contribution in [-0.4, -0.2) is 24.4 Å². The third-order valence-electron chi connectivity index (χ3n) is 1.96. The third-order valence-corrected chi connectivity index (χ3v) is 1.96. The molecule has 3 nitrogen and oxygen atoms in total. The second-order valence-corrected chi connectivity index (χ2v) is 3.48. The van der Waals surface area contributed by atoms with E-state index < -0.39 is 24.4 Å². The smallest absolute Gasteiger partial charge is 0.318 e. The lowest BCUT2D eigenvalue weighted by molar-refractivity contribution is -0.255. The molecule has 1 rings (SSSR count). The van der Waals surface area contributed by atoms with E-state index in [9.17, 15) is 31.1 Å². The monoisotopic (exact) mass is 286 g/mol. The summed E-state index contributed by atoms with van der Waals surface area (Å²) in [4.78, 5) is 11.1. The molecule has 0 saturated carbocycles. The third kappa shape index (κ3) is 4.68. The number of para-hydroxylation sites is 1. The Morgan fingerprint density at radius 3 is 1.84 bits per heavy atom. The molecule has 0 fully saturated rings. The lowest BCUT2D eigenvalue weighted by Gasteiger charge is -2.23. The number of hydrogen-bond donors (Lipinski definition) is 2. The van der Waals surface area contributed by atoms with Gasteiger partial charge in [-0.05, 0) is 12.1 Å². The molecule has 0 aliphatic carbocycles. The van der Waals surface area contributed by atoms with Crippen LogP contribution < -0.4 is 10.6 Å². The Balaban J connectivity index is 2.73. The molecule has 106 valence electrons. The highest BCUT2D eigenvalue weighted by molar-refractivity contribution is 5.89. The van der Waals surface area contributed by atoms with E-state index in [1.807, 2.05) is 5.32 Å². The summed E-state index contributed by atoms with van der Waals surface area (Å²) in [5.41, 5.74) is 0.0723. The Labute approximate surface area is 103 Å². The van der Waals surface area contributed by atoms with Gasteiger partial charge in [0.1, 0.15) is 0 Å². The van der Waals surface area contributed by atoms with Crippen LogP contribution in [0.2, 0.25) is 0 Å². The minimum Gasteiger partial charge on any atom is -0.318 e. The van der Waals surface area contributed by atoms with Gasteiger partial charge in [0.15, 0.2) is 0 Å². The van der Waals surface area contributed by atoms with Crippen molar-refractivity contribution in [2.24, 2.45) is 0 Å². The summed E-state index contributed by atoms with van der Waals surface area (Å²) < 4.78 is 72.9. The van der Waals surface area contributed by atoms with Crippen LogP contribution in [0.15, 0.2) is 30.3 Å². The van der Waals surface area contributed by atoms with Crippen LogP contribution in [0.1, 0.15) is 0 Å². The lowest BCUT2D eigenvalue weighted by Crippen LogP contribution is -2.55. The fourth-order valence-corrected chi connectivity index (χ4v) is 1.17. The van der Waals surface area contributed by atoms with Gasteiger partial charge in [-0.3, -0.25) is 0 Å². The van der Waals surface area contributed by atoms with E-state index in [2.05, 4.69) is 0 Å². The van der Waals surface area contributed by atoms with E-state index >= 15 is 0 Å². The maximum absolute atomic E-state index is 12.2. The summed E-state index contributed by atoms with van der Waals surface area (Å²) >= 11 is 0. The molecular formula is C10H8F6N2O. The zero-order chi connectivity index (χ0) is 14.7. The van der Waals surface area contributed by atoms with E-state index in [0.29, 0.717) is 0 Å². The minimum absolute atomic E-state index is 0.0723. The molecular weight excluding hydrogens is 278 g/mol. The van der Waals surface area contributed by atoms with Crippen LogP contribution in [0.3, 0.4) is 0 Å². The summed E-state index contributed by atoms with van der Waals surface area (Å²) in [7, 11) is 0. The molecule has 0 radical (unpaired) electrons. The topological polar surface area (TPSA) is 41.1 Å². The molecule has 0 spiro atoms. The fourth-order valence-electron chi connectivity index (χ4n) is 1.17. The van der Waals surface area contributed by atoms with Gasteiger partial charge in [0.05, 0.1) is 0 Å². The molecule has 1 aromatic carbocycles. The van der Waals surface area contributed by atoms with Gasteiger partial charge < -0.3 is 10.6 Å². The zero-order valence-electron chi connectivity index (χ0n) is 9.14. The molecule has 0 saturated heterocycles. The number of urea groups is 1. The van der Waals surface area contributed by atoms with Crippen LogP contribution in [0.25, 0.3) is 0 Å². The van der Waals surface area contributed by atoms with Crippen molar-refractivity contribution in [3.63, 3.8) is 0 Å². The average Bonchev–Trinajstić information content (AvgIpc) is 2.24. The van der Waals surface area contributed by atoms with Crippen molar-refractivity contribution in [1.29, 1.82) is 0 Å². The first-order valence-electron chi connectivity index (χ1n) is 4.86. The second-order valence-electron chi connectivity index (χ2n) is 3.48. The number of hydrogen-bond acceptors (Lipinski definition) is 1. The molecule has 0 aromatic heterocycles. The van der Waals surface area contributed by atoms with Crippen LogP contribution in [0.5, 0.6) is 0 Å². The normalized spacial score (nSPS) is 12.4. The number of benzene rings is 1. The Morgan fingerprint density at radius 2 is 1.42 bits per heavy atom. The van der Waals surface area contributed by atoms with E-state index in [0.717, 1.165) is 5.32 Å². The van der Waals surface area contributed by atoms with Crippen LogP contribution in [0, 0.1) is 0 Å². The standard InChI is InChI=1S/C10H8F6N2O/c11-9(12,13)7(10(14,15)16)18-8(19)17-6-4-2-1-3-5-6/h1-5,7H,(H2,17,18,19). The summed E-state index contributed by atoms with van der Waals surface area (Å²) in [6.45, 7) is 0. The molecule has 0 aliphatic rings. The van der Waals surface area contributed by atoms with Crippen molar-refractivity contribution >= 4 is 11.7 Å². The van der Waals surface area contributed by atoms with Crippen molar-refractivity contribution in [1.82, 2.24) is 5.32 Å². The number of alkyl halides is 6. The SMILES string of the molecule is O=C(Nc1ccccc1)NC(C(F)(F)F)C(F)(F)F. The molecule has 2 amide bonds. The van der Waals surface area contributed by atoms with E-state index in [-0.39, 0.29) is 5.69 Å². The first kappa shape index (κ1) is 15.1. The Morgan fingerprint density at radius 1 is 0.947 bits per heavy atom. The van der Waals surface area contributed by atoms with E-state index in [1.165, 1.54) is 24.3 Å². The van der Waals surface area contributed by atoms with Gasteiger partial charge in [-0.2, -0.15) is 26.3 Å². The maximum atomic E-state index is 12.2. The number of halogens is 6. The van der Waals surface area contributed by atoms with Crippen molar-refractivity contribution < 1.29 is 31.1 Å². The fraction of sp³-hybridized carbons (Fsp3) is 0.300. The van der Waals surface area contributed by atoms with Crippen LogP contribution in [-0.2, 0) is 0 Å². The molecule has 2 N–H and O–H groups in total. The van der Waals surface area contributed by atoms with Crippen LogP contribution >= 0.6 is 0 Å². The quantitative estimate of drug-likeness (QED) is 0.805. The molecule has 0 unspecified atom stereocenters. The highest BCUT2D eigenvalue weighted by Gasteiger charge is 2.57. The molecule has 0 heterocycles. The van der Waals surface area contributed by atoms with Gasteiger partial charge in [-0.25, -0.2) is 4.79 Å². The Hall–Kier alpha value is -1.93. The zero-order valence-corrected chi connectivity index (χ0v) is 9.14. The van der Waals surface area contributed by atoms with Gasteiger partial charge in [0.25, 0.3) is 0 Å². The first-order valence-corrected chi connectivity index (χ1v) is 4.86. The molecule has 0 atom stereocenters. The molecule has 19 heavy (non-hydrogen) atoms. The predicted octanol–water partition coefficient (Wildman–Crippen LogP) is 3.30. The summed E-state index contributed by atoms with van der Waals surface area (Å²) in [6, 6.07) is 1.61. The lowest BCUT2D eigenvalue weighted by atomic mass is 10.3. The first-order chi connectivity index (χ1) is 8.60. The maximum Gasteiger partial charge on any atom is 0.417 e. The highest BCUT2D eigenvalue weighted by Crippen LogP contribution is 2.33. The second kappa shape index (κ2) is 5.37. The van der Waals surface area contributed by atoms with E-state index in [4.69, 9.17) is 0 Å². The number of carbonyl (C=O) groups excluding carboxylic acids is 1. The van der Waals surface area contributed by atoms with Gasteiger partial charge in [-0.15, -0.1) is 0 Å². The Bertz CT molecular complexity index is 414. The largest absolute Gasteiger partial charge is 0.417 e. The van der Waals surface area contributed by atoms with Gasteiger partial charge in [-0.1, -0.05) is 18.2 Å². The van der Waals surface area contributed by atoms with Gasteiger partial charge in [0.2, 0.25) is 6.04 Å². The Kier molecular flexibility index (Phi) is 4.28. The number of anilines is 1.